The van der Waals surface area contributed by atoms with Crippen LogP contribution in [-0.4, -0.2) is 38.8 Å². The summed E-state index contributed by atoms with van der Waals surface area (Å²) in [7, 11) is -1.89. The first-order valence-electron chi connectivity index (χ1n) is 8.48. The van der Waals surface area contributed by atoms with Crippen LogP contribution in [0.3, 0.4) is 0 Å². The zero-order valence-electron chi connectivity index (χ0n) is 14.9. The van der Waals surface area contributed by atoms with E-state index in [2.05, 4.69) is 5.32 Å². The standard InChI is InChI=1S/C19H22N2O4S/c1-14-5-6-15(13-18(14)25-2)19(22)20-16-7-9-17(10-8-16)26(23,24)21-11-3-4-12-21/h5-10,13H,3-4,11-12H2,1-2H3,(H,20,22). The van der Waals surface area contributed by atoms with E-state index in [0.29, 0.717) is 30.1 Å². The summed E-state index contributed by atoms with van der Waals surface area (Å²) in [6.07, 6.45) is 1.79. The number of benzene rings is 2. The summed E-state index contributed by atoms with van der Waals surface area (Å²) in [5.74, 6) is 0.364. The van der Waals surface area contributed by atoms with E-state index in [0.717, 1.165) is 18.4 Å². The van der Waals surface area contributed by atoms with Crippen molar-refractivity contribution in [2.45, 2.75) is 24.7 Å². The van der Waals surface area contributed by atoms with Crippen LogP contribution < -0.4 is 10.1 Å². The minimum Gasteiger partial charge on any atom is -0.496 e. The number of hydrogen-bond donors (Lipinski definition) is 1. The second-order valence-electron chi connectivity index (χ2n) is 6.27. The molecule has 3 rings (SSSR count). The molecule has 1 heterocycles. The third kappa shape index (κ3) is 3.73. The molecule has 0 aromatic heterocycles. The normalized spacial score (nSPS) is 15.0. The number of sulfonamides is 1. The van der Waals surface area contributed by atoms with Gasteiger partial charge < -0.3 is 10.1 Å². The summed E-state index contributed by atoms with van der Waals surface area (Å²) in [5, 5.41) is 2.77. The lowest BCUT2D eigenvalue weighted by atomic mass is 10.1. The van der Waals surface area contributed by atoms with Crippen LogP contribution in [0.5, 0.6) is 5.75 Å². The minimum atomic E-state index is -3.45. The molecule has 0 saturated carbocycles. The Morgan fingerprint density at radius 3 is 2.35 bits per heavy atom. The molecule has 1 aliphatic rings. The predicted octanol–water partition coefficient (Wildman–Crippen LogP) is 3.04. The third-order valence-corrected chi connectivity index (χ3v) is 6.40. The summed E-state index contributed by atoms with van der Waals surface area (Å²) < 4.78 is 31.8. The van der Waals surface area contributed by atoms with Gasteiger partial charge in [0.2, 0.25) is 10.0 Å². The Hall–Kier alpha value is -2.38. The highest BCUT2D eigenvalue weighted by Gasteiger charge is 2.26. The highest BCUT2D eigenvalue weighted by atomic mass is 32.2. The summed E-state index contributed by atoms with van der Waals surface area (Å²) in [6.45, 7) is 3.03. The van der Waals surface area contributed by atoms with E-state index in [1.165, 1.54) is 16.4 Å². The molecule has 0 aliphatic carbocycles. The second kappa shape index (κ2) is 7.47. The monoisotopic (exact) mass is 374 g/mol. The van der Waals surface area contributed by atoms with Gasteiger partial charge in [-0.2, -0.15) is 4.31 Å². The number of amides is 1. The smallest absolute Gasteiger partial charge is 0.255 e. The average Bonchev–Trinajstić information content (AvgIpc) is 3.18. The highest BCUT2D eigenvalue weighted by molar-refractivity contribution is 7.89. The molecule has 1 N–H and O–H groups in total. The van der Waals surface area contributed by atoms with E-state index in [9.17, 15) is 13.2 Å². The van der Waals surface area contributed by atoms with Gasteiger partial charge >= 0.3 is 0 Å². The van der Waals surface area contributed by atoms with E-state index in [1.807, 2.05) is 13.0 Å². The molecule has 1 fully saturated rings. The Kier molecular flexibility index (Phi) is 5.29. The van der Waals surface area contributed by atoms with Crippen LogP contribution in [0.2, 0.25) is 0 Å². The minimum absolute atomic E-state index is 0.245. The summed E-state index contributed by atoms with van der Waals surface area (Å²) in [4.78, 5) is 12.6. The topological polar surface area (TPSA) is 75.7 Å². The molecular weight excluding hydrogens is 352 g/mol. The number of carbonyl (C=O) groups is 1. The van der Waals surface area contributed by atoms with Crippen LogP contribution >= 0.6 is 0 Å². The van der Waals surface area contributed by atoms with Gasteiger partial charge in [0.05, 0.1) is 12.0 Å². The Morgan fingerprint density at radius 1 is 1.08 bits per heavy atom. The van der Waals surface area contributed by atoms with Crippen LogP contribution in [0.25, 0.3) is 0 Å². The van der Waals surface area contributed by atoms with Crippen molar-refractivity contribution in [2.75, 3.05) is 25.5 Å². The van der Waals surface area contributed by atoms with Gasteiger partial charge in [0.1, 0.15) is 5.75 Å². The number of rotatable bonds is 5. The van der Waals surface area contributed by atoms with Crippen molar-refractivity contribution in [2.24, 2.45) is 0 Å². The molecule has 1 amide bonds. The molecular formula is C19H22N2O4S. The Morgan fingerprint density at radius 2 is 1.73 bits per heavy atom. The second-order valence-corrected chi connectivity index (χ2v) is 8.21. The molecule has 6 nitrogen and oxygen atoms in total. The summed E-state index contributed by atoms with van der Waals surface area (Å²) in [6, 6.07) is 11.5. The lowest BCUT2D eigenvalue weighted by Gasteiger charge is -2.15. The Labute approximate surface area is 153 Å². The fraction of sp³-hybridized carbons (Fsp3) is 0.316. The van der Waals surface area contributed by atoms with Crippen molar-refractivity contribution in [3.8, 4) is 5.75 Å². The van der Waals surface area contributed by atoms with Gasteiger partial charge in [-0.15, -0.1) is 0 Å². The van der Waals surface area contributed by atoms with Gasteiger partial charge in [-0.3, -0.25) is 4.79 Å². The van der Waals surface area contributed by atoms with Crippen LogP contribution in [0.15, 0.2) is 47.4 Å². The Bertz CT molecular complexity index is 902. The van der Waals surface area contributed by atoms with E-state index in [4.69, 9.17) is 4.74 Å². The average molecular weight is 374 g/mol. The fourth-order valence-electron chi connectivity index (χ4n) is 2.95. The number of aryl methyl sites for hydroxylation is 1. The van der Waals surface area contributed by atoms with Crippen molar-refractivity contribution in [3.63, 3.8) is 0 Å². The van der Waals surface area contributed by atoms with Crippen LogP contribution in [0.1, 0.15) is 28.8 Å². The zero-order chi connectivity index (χ0) is 18.7. The molecule has 2 aromatic carbocycles. The first-order valence-corrected chi connectivity index (χ1v) is 9.92. The fourth-order valence-corrected chi connectivity index (χ4v) is 4.47. The van der Waals surface area contributed by atoms with Crippen molar-refractivity contribution < 1.29 is 17.9 Å². The number of carbonyl (C=O) groups excluding carboxylic acids is 1. The van der Waals surface area contributed by atoms with Crippen molar-refractivity contribution in [3.05, 3.63) is 53.6 Å². The highest BCUT2D eigenvalue weighted by Crippen LogP contribution is 2.23. The molecule has 0 spiro atoms. The molecule has 7 heteroatoms. The van der Waals surface area contributed by atoms with Crippen LogP contribution in [0.4, 0.5) is 5.69 Å². The molecule has 0 bridgehead atoms. The van der Waals surface area contributed by atoms with Gasteiger partial charge in [0.15, 0.2) is 0 Å². The molecule has 2 aromatic rings. The lowest BCUT2D eigenvalue weighted by Crippen LogP contribution is -2.27. The Balaban J connectivity index is 1.74. The summed E-state index contributed by atoms with van der Waals surface area (Å²) in [5.41, 5.74) is 1.96. The summed E-state index contributed by atoms with van der Waals surface area (Å²) >= 11 is 0. The third-order valence-electron chi connectivity index (χ3n) is 4.49. The number of ether oxygens (including phenoxy) is 1. The number of methoxy groups -OCH3 is 1. The van der Waals surface area contributed by atoms with Gasteiger partial charge in [-0.25, -0.2) is 8.42 Å². The molecule has 1 saturated heterocycles. The SMILES string of the molecule is COc1cc(C(=O)Nc2ccc(S(=O)(=O)N3CCCC3)cc2)ccc1C. The maximum absolute atomic E-state index is 12.5. The predicted molar refractivity (Wildman–Crippen MR) is 100 cm³/mol. The van der Waals surface area contributed by atoms with Crippen molar-refractivity contribution in [1.29, 1.82) is 0 Å². The number of nitrogens with one attached hydrogen (secondary N) is 1. The van der Waals surface area contributed by atoms with E-state index in [-0.39, 0.29) is 10.8 Å². The lowest BCUT2D eigenvalue weighted by molar-refractivity contribution is 0.102. The molecule has 0 atom stereocenters. The first kappa shape index (κ1) is 18.4. The van der Waals surface area contributed by atoms with Crippen LogP contribution in [0, 0.1) is 6.92 Å². The molecule has 0 radical (unpaired) electrons. The number of nitrogens with zero attached hydrogens (tertiary/aromatic N) is 1. The van der Waals surface area contributed by atoms with Crippen LogP contribution in [-0.2, 0) is 10.0 Å². The van der Waals surface area contributed by atoms with Crippen molar-refractivity contribution in [1.82, 2.24) is 4.31 Å². The van der Waals surface area contributed by atoms with E-state index in [1.54, 1.807) is 31.4 Å². The molecule has 138 valence electrons. The molecule has 26 heavy (non-hydrogen) atoms. The zero-order valence-corrected chi connectivity index (χ0v) is 15.7. The maximum atomic E-state index is 12.5. The van der Waals surface area contributed by atoms with Gasteiger partial charge in [0, 0.05) is 24.3 Å². The van der Waals surface area contributed by atoms with Crippen molar-refractivity contribution >= 4 is 21.6 Å². The van der Waals surface area contributed by atoms with E-state index < -0.39 is 10.0 Å². The van der Waals surface area contributed by atoms with Gasteiger partial charge in [-0.05, 0) is 61.7 Å². The van der Waals surface area contributed by atoms with Gasteiger partial charge in [0.25, 0.3) is 5.91 Å². The maximum Gasteiger partial charge on any atom is 0.255 e. The largest absolute Gasteiger partial charge is 0.496 e. The number of hydrogen-bond acceptors (Lipinski definition) is 4. The quantitative estimate of drug-likeness (QED) is 0.873. The first-order chi connectivity index (χ1) is 12.4. The molecule has 0 unspecified atom stereocenters. The van der Waals surface area contributed by atoms with Gasteiger partial charge in [-0.1, -0.05) is 6.07 Å². The van der Waals surface area contributed by atoms with E-state index >= 15 is 0 Å². The number of anilines is 1. The molecule has 1 aliphatic heterocycles.